The number of nitrogens with two attached hydrogens (primary N) is 1. The Hall–Kier alpha value is -1.42. The van der Waals surface area contributed by atoms with E-state index in [0.717, 1.165) is 37.9 Å². The van der Waals surface area contributed by atoms with Gasteiger partial charge in [0.05, 0.1) is 5.56 Å². The normalized spacial score (nSPS) is 18.6. The number of pyridine rings is 1. The van der Waals surface area contributed by atoms with E-state index in [9.17, 15) is 4.79 Å². The van der Waals surface area contributed by atoms with Crippen LogP contribution < -0.4 is 11.1 Å². The highest BCUT2D eigenvalue weighted by molar-refractivity contribution is 6.04. The van der Waals surface area contributed by atoms with Crippen molar-refractivity contribution in [3.05, 3.63) is 23.4 Å². The summed E-state index contributed by atoms with van der Waals surface area (Å²) in [5.74, 6) is 0.525. The van der Waals surface area contributed by atoms with E-state index in [4.69, 9.17) is 5.73 Å². The van der Waals surface area contributed by atoms with Crippen molar-refractivity contribution in [2.24, 2.45) is 5.41 Å². The maximum absolute atomic E-state index is 12.8. The van der Waals surface area contributed by atoms with Crippen LogP contribution in [0.4, 0.5) is 5.82 Å². The summed E-state index contributed by atoms with van der Waals surface area (Å²) in [5, 5.41) is 3.31. The molecule has 1 saturated heterocycles. The third-order valence-electron chi connectivity index (χ3n) is 4.02. The number of carbonyl (C=O) groups is 1. The molecular formula is C14H21N3O. The molecule has 0 atom stereocenters. The minimum atomic E-state index is -0.255. The Labute approximate surface area is 108 Å². The van der Waals surface area contributed by atoms with E-state index in [1.807, 2.05) is 13.0 Å². The second kappa shape index (κ2) is 5.06. The summed E-state index contributed by atoms with van der Waals surface area (Å²) in [7, 11) is 0. The molecule has 1 aliphatic heterocycles. The smallest absolute Gasteiger partial charge is 0.172 e. The number of ketones is 1. The summed E-state index contributed by atoms with van der Waals surface area (Å²) in [6.07, 6.45) is 4.33. The van der Waals surface area contributed by atoms with Crippen LogP contribution in [0.5, 0.6) is 0 Å². The molecule has 0 radical (unpaired) electrons. The summed E-state index contributed by atoms with van der Waals surface area (Å²) in [6.45, 7) is 5.82. The van der Waals surface area contributed by atoms with E-state index in [1.54, 1.807) is 6.20 Å². The first kappa shape index (κ1) is 13.0. The van der Waals surface area contributed by atoms with Gasteiger partial charge in [-0.1, -0.05) is 6.92 Å². The second-order valence-corrected chi connectivity index (χ2v) is 5.16. The Balaban J connectivity index is 2.36. The van der Waals surface area contributed by atoms with Gasteiger partial charge in [0.2, 0.25) is 0 Å². The lowest BCUT2D eigenvalue weighted by Crippen LogP contribution is -2.42. The van der Waals surface area contributed by atoms with Crippen LogP contribution in [0.2, 0.25) is 0 Å². The van der Waals surface area contributed by atoms with Crippen LogP contribution in [0, 0.1) is 12.3 Å². The largest absolute Gasteiger partial charge is 0.383 e. The molecular weight excluding hydrogens is 226 g/mol. The van der Waals surface area contributed by atoms with Crippen molar-refractivity contribution in [3.8, 4) is 0 Å². The molecule has 4 heteroatoms. The second-order valence-electron chi connectivity index (χ2n) is 5.16. The van der Waals surface area contributed by atoms with E-state index in [0.29, 0.717) is 11.4 Å². The number of carbonyl (C=O) groups excluding carboxylic acids is 1. The lowest BCUT2D eigenvalue weighted by molar-refractivity contribution is 0.0718. The molecule has 0 saturated carbocycles. The van der Waals surface area contributed by atoms with Gasteiger partial charge in [-0.15, -0.1) is 0 Å². The van der Waals surface area contributed by atoms with E-state index >= 15 is 0 Å². The van der Waals surface area contributed by atoms with Crippen molar-refractivity contribution in [2.75, 3.05) is 18.8 Å². The first-order valence-electron chi connectivity index (χ1n) is 6.57. The third kappa shape index (κ3) is 2.25. The predicted molar refractivity (Wildman–Crippen MR) is 72.5 cm³/mol. The molecule has 0 aliphatic carbocycles. The number of hydrogen-bond donors (Lipinski definition) is 2. The monoisotopic (exact) mass is 247 g/mol. The van der Waals surface area contributed by atoms with E-state index in [-0.39, 0.29) is 11.2 Å². The van der Waals surface area contributed by atoms with Gasteiger partial charge >= 0.3 is 0 Å². The lowest BCUT2D eigenvalue weighted by atomic mass is 9.71. The number of nitrogens with one attached hydrogen (secondary N) is 1. The Bertz CT molecular complexity index is 450. The van der Waals surface area contributed by atoms with Crippen LogP contribution in [0.3, 0.4) is 0 Å². The minimum Gasteiger partial charge on any atom is -0.383 e. The summed E-state index contributed by atoms with van der Waals surface area (Å²) in [6, 6.07) is 1.87. The molecule has 0 aromatic carbocycles. The van der Waals surface area contributed by atoms with Crippen LogP contribution in [0.1, 0.15) is 42.1 Å². The number of anilines is 1. The van der Waals surface area contributed by atoms with Crippen molar-refractivity contribution < 1.29 is 4.79 Å². The molecule has 1 fully saturated rings. The molecule has 1 aliphatic rings. The average molecular weight is 247 g/mol. The molecule has 3 N–H and O–H groups in total. The van der Waals surface area contributed by atoms with Crippen molar-refractivity contribution in [2.45, 2.75) is 33.1 Å². The van der Waals surface area contributed by atoms with Crippen LogP contribution in [-0.2, 0) is 0 Å². The summed E-state index contributed by atoms with van der Waals surface area (Å²) >= 11 is 0. The number of rotatable bonds is 3. The quantitative estimate of drug-likeness (QED) is 0.801. The summed E-state index contributed by atoms with van der Waals surface area (Å²) < 4.78 is 0. The fourth-order valence-electron chi connectivity index (χ4n) is 2.69. The highest BCUT2D eigenvalue weighted by Gasteiger charge is 2.39. The van der Waals surface area contributed by atoms with Gasteiger partial charge in [-0.3, -0.25) is 4.79 Å². The summed E-state index contributed by atoms with van der Waals surface area (Å²) in [4.78, 5) is 16.9. The van der Waals surface area contributed by atoms with Gasteiger partial charge < -0.3 is 11.1 Å². The molecule has 0 bridgehead atoms. The fourth-order valence-corrected chi connectivity index (χ4v) is 2.69. The van der Waals surface area contributed by atoms with Gasteiger partial charge in [-0.05, 0) is 50.9 Å². The van der Waals surface area contributed by atoms with Crippen molar-refractivity contribution in [1.82, 2.24) is 10.3 Å². The maximum Gasteiger partial charge on any atom is 0.172 e. The van der Waals surface area contributed by atoms with Gasteiger partial charge in [-0.2, -0.15) is 0 Å². The van der Waals surface area contributed by atoms with Gasteiger partial charge in [0.25, 0.3) is 0 Å². The highest BCUT2D eigenvalue weighted by Crippen LogP contribution is 2.37. The van der Waals surface area contributed by atoms with Crippen molar-refractivity contribution >= 4 is 11.6 Å². The third-order valence-corrected chi connectivity index (χ3v) is 4.02. The zero-order valence-electron chi connectivity index (χ0n) is 11.1. The van der Waals surface area contributed by atoms with Crippen LogP contribution in [0.25, 0.3) is 0 Å². The van der Waals surface area contributed by atoms with Gasteiger partial charge in [0, 0.05) is 11.6 Å². The zero-order chi connectivity index (χ0) is 13.2. The Morgan fingerprint density at radius 1 is 1.50 bits per heavy atom. The molecule has 0 amide bonds. The highest BCUT2D eigenvalue weighted by atomic mass is 16.1. The number of aromatic nitrogens is 1. The number of hydrogen-bond acceptors (Lipinski definition) is 4. The molecule has 0 spiro atoms. The van der Waals surface area contributed by atoms with E-state index in [1.165, 1.54) is 0 Å². The molecule has 0 unspecified atom stereocenters. The molecule has 98 valence electrons. The topological polar surface area (TPSA) is 68.0 Å². The van der Waals surface area contributed by atoms with Crippen LogP contribution in [-0.4, -0.2) is 23.9 Å². The van der Waals surface area contributed by atoms with Crippen LogP contribution in [0.15, 0.2) is 12.3 Å². The number of nitrogen functional groups attached to an aromatic ring is 1. The molecule has 2 heterocycles. The van der Waals surface area contributed by atoms with Crippen LogP contribution >= 0.6 is 0 Å². The number of aryl methyl sites for hydroxylation is 1. The molecule has 4 nitrogen and oxygen atoms in total. The van der Waals surface area contributed by atoms with Gasteiger partial charge in [0.15, 0.2) is 5.78 Å². The average Bonchev–Trinajstić information content (AvgIpc) is 2.41. The standard InChI is InChI=1S/C14H21N3O/c1-3-14(4-6-16-7-5-14)12(18)11-8-10(2)9-17-13(11)15/h8-9,16H,3-7H2,1-2H3,(H2,15,17). The van der Waals surface area contributed by atoms with Crippen molar-refractivity contribution in [1.29, 1.82) is 0 Å². The van der Waals surface area contributed by atoms with E-state index in [2.05, 4.69) is 17.2 Å². The first-order chi connectivity index (χ1) is 8.59. The van der Waals surface area contributed by atoms with Gasteiger partial charge in [0.1, 0.15) is 5.82 Å². The Morgan fingerprint density at radius 3 is 2.78 bits per heavy atom. The fraction of sp³-hybridized carbons (Fsp3) is 0.571. The maximum atomic E-state index is 12.8. The van der Waals surface area contributed by atoms with E-state index < -0.39 is 0 Å². The predicted octanol–water partition coefficient (Wildman–Crippen LogP) is 1.93. The molecule has 1 aromatic rings. The van der Waals surface area contributed by atoms with Crippen molar-refractivity contribution in [3.63, 3.8) is 0 Å². The first-order valence-corrected chi connectivity index (χ1v) is 6.57. The number of piperidine rings is 1. The Kier molecular flexibility index (Phi) is 3.66. The number of Topliss-reactive ketones (excluding diaryl/α,β-unsaturated/α-hetero) is 1. The molecule has 18 heavy (non-hydrogen) atoms. The zero-order valence-corrected chi connectivity index (χ0v) is 11.1. The Morgan fingerprint density at radius 2 is 2.17 bits per heavy atom. The number of nitrogens with zero attached hydrogens (tertiary/aromatic N) is 1. The molecule has 2 rings (SSSR count). The summed E-state index contributed by atoms with van der Waals surface area (Å²) in [5.41, 5.74) is 7.18. The SMILES string of the molecule is CCC1(C(=O)c2cc(C)cnc2N)CCNCC1. The molecule has 1 aromatic heterocycles. The van der Waals surface area contributed by atoms with Gasteiger partial charge in [-0.25, -0.2) is 4.98 Å². The lowest BCUT2D eigenvalue weighted by Gasteiger charge is -2.35. The minimum absolute atomic E-state index is 0.167.